The molecule has 0 amide bonds. The Hall–Kier alpha value is -0.410. The fourth-order valence-electron chi connectivity index (χ4n) is 3.06. The van der Waals surface area contributed by atoms with Crippen LogP contribution in [-0.2, 0) is 19.7 Å². The molecule has 3 aliphatic rings. The minimum Gasteiger partial charge on any atom is -0.357 e. The first-order valence-electron chi connectivity index (χ1n) is 5.77. The number of hydrogen-bond acceptors (Lipinski definition) is 5. The number of rotatable bonds is 1. The van der Waals surface area contributed by atoms with Crippen LogP contribution >= 0.6 is 12.2 Å². The summed E-state index contributed by atoms with van der Waals surface area (Å²) in [5.74, 6) is 0.411. The summed E-state index contributed by atoms with van der Waals surface area (Å²) in [6, 6.07) is -0.537. The highest BCUT2D eigenvalue weighted by atomic mass is 32.2. The second-order valence-corrected chi connectivity index (χ2v) is 9.93. The van der Waals surface area contributed by atoms with E-state index in [4.69, 9.17) is 12.2 Å². The molecule has 0 radical (unpaired) electrons. The molecule has 0 aromatic rings. The van der Waals surface area contributed by atoms with E-state index in [1.54, 1.807) is 0 Å². The van der Waals surface area contributed by atoms with E-state index < -0.39 is 19.7 Å². The third kappa shape index (κ3) is 2.01. The lowest BCUT2D eigenvalue weighted by molar-refractivity contribution is 0.289. The van der Waals surface area contributed by atoms with Crippen molar-refractivity contribution in [2.45, 2.75) is 24.5 Å². The molecule has 0 aromatic heterocycles. The van der Waals surface area contributed by atoms with Gasteiger partial charge in [0.1, 0.15) is 0 Å². The minimum absolute atomic E-state index is 0.0708. The van der Waals surface area contributed by atoms with E-state index in [-0.39, 0.29) is 41.1 Å². The Kier molecular flexibility index (Phi) is 2.66. The van der Waals surface area contributed by atoms with Crippen molar-refractivity contribution in [3.8, 4) is 0 Å². The van der Waals surface area contributed by atoms with Crippen molar-refractivity contribution in [3.63, 3.8) is 0 Å². The van der Waals surface area contributed by atoms with E-state index in [0.717, 1.165) is 0 Å². The Bertz CT molecular complexity index is 597. The van der Waals surface area contributed by atoms with Crippen LogP contribution < -0.4 is 5.32 Å². The van der Waals surface area contributed by atoms with Crippen molar-refractivity contribution in [1.82, 2.24) is 10.2 Å². The molecule has 0 saturated carbocycles. The molecule has 3 atom stereocenters. The first-order valence-corrected chi connectivity index (χ1v) is 9.82. The fraction of sp³-hybridized carbons (Fsp3) is 0.889. The van der Waals surface area contributed by atoms with Gasteiger partial charge in [-0.2, -0.15) is 0 Å². The number of fused-ring (bicyclic) bond motifs is 1. The van der Waals surface area contributed by atoms with Gasteiger partial charge in [0.25, 0.3) is 0 Å². The topological polar surface area (TPSA) is 83.6 Å². The highest BCUT2D eigenvalue weighted by molar-refractivity contribution is 7.92. The average Bonchev–Trinajstić information content (AvgIpc) is 2.75. The Morgan fingerprint density at radius 3 is 2.44 bits per heavy atom. The lowest BCUT2D eigenvalue weighted by Gasteiger charge is -2.28. The molecule has 1 N–H and O–H groups in total. The van der Waals surface area contributed by atoms with Crippen LogP contribution in [0.3, 0.4) is 0 Å². The third-order valence-corrected chi connectivity index (χ3v) is 7.62. The maximum Gasteiger partial charge on any atom is 0.169 e. The Balaban J connectivity index is 1.86. The van der Waals surface area contributed by atoms with E-state index in [2.05, 4.69) is 5.32 Å². The van der Waals surface area contributed by atoms with E-state index in [1.807, 2.05) is 4.90 Å². The van der Waals surface area contributed by atoms with Crippen LogP contribution in [0.4, 0.5) is 0 Å². The molecule has 9 heteroatoms. The minimum atomic E-state index is -3.03. The lowest BCUT2D eigenvalue weighted by atomic mass is 10.1. The number of sulfone groups is 2. The molecule has 0 unspecified atom stereocenters. The standard InChI is InChI=1S/C9H14N2O4S3/c12-17(13)2-1-6(3-17)11-8-5-18(14,15)4-7(8)10-9(11)16/h6-8H,1-5H2,(H,10,16)/t6-,7+,8-/m0/s1. The molecule has 102 valence electrons. The maximum atomic E-state index is 11.6. The van der Waals surface area contributed by atoms with Crippen LogP contribution in [0, 0.1) is 0 Å². The van der Waals surface area contributed by atoms with E-state index >= 15 is 0 Å². The summed E-state index contributed by atoms with van der Waals surface area (Å²) >= 11 is 5.21. The van der Waals surface area contributed by atoms with Crippen molar-refractivity contribution in [3.05, 3.63) is 0 Å². The normalized spacial score (nSPS) is 40.8. The van der Waals surface area contributed by atoms with Crippen molar-refractivity contribution in [1.29, 1.82) is 0 Å². The van der Waals surface area contributed by atoms with Crippen molar-refractivity contribution in [2.24, 2.45) is 0 Å². The summed E-state index contributed by atoms with van der Waals surface area (Å²) in [5, 5.41) is 3.51. The summed E-state index contributed by atoms with van der Waals surface area (Å²) in [4.78, 5) is 1.81. The molecular formula is C9H14N2O4S3. The predicted molar refractivity (Wildman–Crippen MR) is 70.9 cm³/mol. The van der Waals surface area contributed by atoms with Gasteiger partial charge in [0, 0.05) is 6.04 Å². The first kappa shape index (κ1) is 12.6. The summed E-state index contributed by atoms with van der Waals surface area (Å²) < 4.78 is 46.3. The van der Waals surface area contributed by atoms with Gasteiger partial charge in [-0.1, -0.05) is 0 Å². The molecule has 3 aliphatic heterocycles. The molecule has 3 heterocycles. The Labute approximate surface area is 112 Å². The van der Waals surface area contributed by atoms with Gasteiger partial charge >= 0.3 is 0 Å². The molecule has 3 saturated heterocycles. The maximum absolute atomic E-state index is 11.6. The first-order chi connectivity index (χ1) is 8.27. The van der Waals surface area contributed by atoms with Gasteiger partial charge in [-0.05, 0) is 18.6 Å². The van der Waals surface area contributed by atoms with E-state index in [1.165, 1.54) is 0 Å². The number of nitrogens with zero attached hydrogens (tertiary/aromatic N) is 1. The summed E-state index contributed by atoms with van der Waals surface area (Å²) in [7, 11) is -6.03. The lowest BCUT2D eigenvalue weighted by Crippen LogP contribution is -2.45. The quantitative estimate of drug-likeness (QED) is 0.592. The highest BCUT2D eigenvalue weighted by Crippen LogP contribution is 2.30. The summed E-state index contributed by atoms with van der Waals surface area (Å²) in [6.45, 7) is 0. The molecule has 0 bridgehead atoms. The van der Waals surface area contributed by atoms with Crippen LogP contribution in [0.25, 0.3) is 0 Å². The Morgan fingerprint density at radius 2 is 1.83 bits per heavy atom. The predicted octanol–water partition coefficient (Wildman–Crippen LogP) is -1.47. The molecular weight excluding hydrogens is 296 g/mol. The van der Waals surface area contributed by atoms with E-state index in [0.29, 0.717) is 11.5 Å². The van der Waals surface area contributed by atoms with Crippen LogP contribution in [-0.4, -0.2) is 68.0 Å². The number of nitrogens with one attached hydrogen (secondary N) is 1. The highest BCUT2D eigenvalue weighted by Gasteiger charge is 2.50. The molecule has 0 spiro atoms. The Morgan fingerprint density at radius 1 is 1.11 bits per heavy atom. The van der Waals surface area contributed by atoms with Crippen LogP contribution in [0.1, 0.15) is 6.42 Å². The van der Waals surface area contributed by atoms with Crippen LogP contribution in [0.5, 0.6) is 0 Å². The van der Waals surface area contributed by atoms with Gasteiger partial charge in [0.15, 0.2) is 24.8 Å². The van der Waals surface area contributed by atoms with Crippen LogP contribution in [0.2, 0.25) is 0 Å². The zero-order valence-electron chi connectivity index (χ0n) is 9.57. The van der Waals surface area contributed by atoms with Gasteiger partial charge in [-0.3, -0.25) is 0 Å². The molecule has 3 rings (SSSR count). The van der Waals surface area contributed by atoms with Crippen molar-refractivity contribution < 1.29 is 16.8 Å². The molecule has 0 aromatic carbocycles. The zero-order chi connectivity index (χ0) is 13.1. The third-order valence-electron chi connectivity index (χ3n) is 3.83. The SMILES string of the molecule is O=S1(=O)CC[C@H](N2C(=S)N[C@@H]3CS(=O)(=O)C[C@@H]32)C1. The van der Waals surface area contributed by atoms with Gasteiger partial charge in [0.05, 0.1) is 35.1 Å². The van der Waals surface area contributed by atoms with Gasteiger partial charge in [-0.15, -0.1) is 0 Å². The fourth-order valence-corrected chi connectivity index (χ4v) is 7.11. The smallest absolute Gasteiger partial charge is 0.169 e. The van der Waals surface area contributed by atoms with Crippen LogP contribution in [0.15, 0.2) is 0 Å². The van der Waals surface area contributed by atoms with Gasteiger partial charge in [-0.25, -0.2) is 16.8 Å². The average molecular weight is 310 g/mol. The van der Waals surface area contributed by atoms with Crippen molar-refractivity contribution >= 4 is 37.0 Å². The van der Waals surface area contributed by atoms with Gasteiger partial charge < -0.3 is 10.2 Å². The summed E-state index contributed by atoms with van der Waals surface area (Å²) in [5.41, 5.74) is 0. The second kappa shape index (κ2) is 3.80. The van der Waals surface area contributed by atoms with Gasteiger partial charge in [0.2, 0.25) is 0 Å². The molecule has 18 heavy (non-hydrogen) atoms. The monoisotopic (exact) mass is 310 g/mol. The number of hydrogen-bond donors (Lipinski definition) is 1. The largest absolute Gasteiger partial charge is 0.357 e. The molecule has 6 nitrogen and oxygen atoms in total. The summed E-state index contributed by atoms with van der Waals surface area (Å²) in [6.07, 6.45) is 0.535. The zero-order valence-corrected chi connectivity index (χ0v) is 12.0. The number of thiocarbonyl (C=S) groups is 1. The molecule has 3 fully saturated rings. The van der Waals surface area contributed by atoms with Crippen molar-refractivity contribution in [2.75, 3.05) is 23.0 Å². The second-order valence-electron chi connectivity index (χ2n) is 5.16. The molecule has 0 aliphatic carbocycles. The van der Waals surface area contributed by atoms with E-state index in [9.17, 15) is 16.8 Å².